The summed E-state index contributed by atoms with van der Waals surface area (Å²) in [6, 6.07) is 0.891. The van der Waals surface area contributed by atoms with Gasteiger partial charge in [-0.3, -0.25) is 4.90 Å². The van der Waals surface area contributed by atoms with Crippen molar-refractivity contribution in [2.45, 2.75) is 25.3 Å². The first-order valence-corrected chi connectivity index (χ1v) is 4.79. The Morgan fingerprint density at radius 2 is 1.82 bits per heavy atom. The Morgan fingerprint density at radius 1 is 1.09 bits per heavy atom. The quantitative estimate of drug-likeness (QED) is 0.476. The lowest BCUT2D eigenvalue weighted by Gasteiger charge is -2.22. The molecule has 0 aromatic rings. The second-order valence-electron chi connectivity index (χ2n) is 3.95. The van der Waals surface area contributed by atoms with Gasteiger partial charge in [-0.05, 0) is 38.9 Å². The fourth-order valence-corrected chi connectivity index (χ4v) is 2.32. The number of nitrogens with zero attached hydrogens (tertiary/aromatic N) is 2. The predicted molar refractivity (Wildman–Crippen MR) is 49.3 cm³/mol. The molecule has 0 N–H and O–H groups in total. The van der Waals surface area contributed by atoms with E-state index in [4.69, 9.17) is 0 Å². The van der Waals surface area contributed by atoms with E-state index in [1.54, 1.807) is 0 Å². The van der Waals surface area contributed by atoms with Crippen LogP contribution in [0.2, 0.25) is 0 Å². The fraction of sp³-hybridized carbons (Fsp3) is 1.00. The van der Waals surface area contributed by atoms with E-state index in [1.165, 1.54) is 45.4 Å². The van der Waals surface area contributed by atoms with Crippen LogP contribution in [0.4, 0.5) is 0 Å². The van der Waals surface area contributed by atoms with Crippen LogP contribution in [0.1, 0.15) is 19.3 Å². The molecule has 0 spiro atoms. The molecule has 11 heavy (non-hydrogen) atoms. The van der Waals surface area contributed by atoms with Gasteiger partial charge in [0.2, 0.25) is 0 Å². The van der Waals surface area contributed by atoms with Crippen LogP contribution in [-0.4, -0.2) is 49.9 Å². The standard InChI is InChI=1S/C8H17BN2/c9-11-6-3-8(7-11)10-4-1-2-5-10/h8H,1-7,9H2/t8-/m0/s1. The Labute approximate surface area is 70.0 Å². The Hall–Kier alpha value is -0.0151. The smallest absolute Gasteiger partial charge is 0.185 e. The SMILES string of the molecule is BN1CC[C@H](N2CCCC2)C1. The third-order valence-corrected chi connectivity index (χ3v) is 3.02. The molecule has 0 bridgehead atoms. The number of hydrogen-bond acceptors (Lipinski definition) is 2. The van der Waals surface area contributed by atoms with Gasteiger partial charge in [0.1, 0.15) is 0 Å². The Morgan fingerprint density at radius 3 is 2.36 bits per heavy atom. The van der Waals surface area contributed by atoms with Gasteiger partial charge in [0.25, 0.3) is 0 Å². The maximum Gasteiger partial charge on any atom is 0.185 e. The minimum Gasteiger partial charge on any atom is -0.347 e. The number of rotatable bonds is 1. The Balaban J connectivity index is 1.85. The molecule has 2 saturated heterocycles. The normalized spacial score (nSPS) is 35.1. The number of likely N-dealkylation sites (tertiary alicyclic amines) is 1. The fourth-order valence-electron chi connectivity index (χ4n) is 2.32. The van der Waals surface area contributed by atoms with Crippen molar-refractivity contribution in [3.63, 3.8) is 0 Å². The third kappa shape index (κ3) is 1.59. The molecule has 0 unspecified atom stereocenters. The highest BCUT2D eigenvalue weighted by atomic mass is 15.2. The largest absolute Gasteiger partial charge is 0.347 e. The highest BCUT2D eigenvalue weighted by Gasteiger charge is 2.26. The molecule has 0 radical (unpaired) electrons. The Bertz CT molecular complexity index is 134. The van der Waals surface area contributed by atoms with Crippen LogP contribution in [-0.2, 0) is 0 Å². The van der Waals surface area contributed by atoms with E-state index in [1.807, 2.05) is 0 Å². The van der Waals surface area contributed by atoms with Crippen molar-refractivity contribution in [1.29, 1.82) is 0 Å². The van der Waals surface area contributed by atoms with Gasteiger partial charge < -0.3 is 4.81 Å². The zero-order valence-electron chi connectivity index (χ0n) is 7.42. The van der Waals surface area contributed by atoms with Crippen LogP contribution in [0.15, 0.2) is 0 Å². The molecule has 2 aliphatic heterocycles. The molecular formula is C8H17BN2. The summed E-state index contributed by atoms with van der Waals surface area (Å²) in [6.07, 6.45) is 4.26. The van der Waals surface area contributed by atoms with Crippen LogP contribution in [0.3, 0.4) is 0 Å². The van der Waals surface area contributed by atoms with Crippen molar-refractivity contribution in [2.75, 3.05) is 26.2 Å². The minimum absolute atomic E-state index is 0.891. The summed E-state index contributed by atoms with van der Waals surface area (Å²) >= 11 is 0. The molecule has 2 fully saturated rings. The third-order valence-electron chi connectivity index (χ3n) is 3.02. The van der Waals surface area contributed by atoms with Gasteiger partial charge in [0, 0.05) is 12.6 Å². The molecular weight excluding hydrogens is 135 g/mol. The van der Waals surface area contributed by atoms with Gasteiger partial charge in [0.15, 0.2) is 7.98 Å². The van der Waals surface area contributed by atoms with Crippen LogP contribution < -0.4 is 0 Å². The molecule has 2 aliphatic rings. The van der Waals surface area contributed by atoms with Crippen LogP contribution in [0, 0.1) is 0 Å². The summed E-state index contributed by atoms with van der Waals surface area (Å²) in [5, 5.41) is 0. The summed E-state index contributed by atoms with van der Waals surface area (Å²) in [7, 11) is 2.23. The lowest BCUT2D eigenvalue weighted by Crippen LogP contribution is -2.34. The summed E-state index contributed by atoms with van der Waals surface area (Å²) in [5.41, 5.74) is 0. The van der Waals surface area contributed by atoms with Crippen molar-refractivity contribution < 1.29 is 0 Å². The average Bonchev–Trinajstić information content (AvgIpc) is 2.55. The maximum atomic E-state index is 2.67. The summed E-state index contributed by atoms with van der Waals surface area (Å²) in [6.45, 7) is 5.33. The van der Waals surface area contributed by atoms with Gasteiger partial charge in [-0.2, -0.15) is 0 Å². The molecule has 0 aromatic carbocycles. The first kappa shape index (κ1) is 7.62. The van der Waals surface area contributed by atoms with Crippen molar-refractivity contribution in [2.24, 2.45) is 0 Å². The molecule has 0 saturated carbocycles. The zero-order chi connectivity index (χ0) is 7.68. The summed E-state index contributed by atoms with van der Waals surface area (Å²) < 4.78 is 0. The lowest BCUT2D eigenvalue weighted by atomic mass is 10.2. The molecule has 0 aromatic heterocycles. The van der Waals surface area contributed by atoms with E-state index in [0.717, 1.165) is 6.04 Å². The summed E-state index contributed by atoms with van der Waals surface area (Å²) in [5.74, 6) is 0. The van der Waals surface area contributed by atoms with Gasteiger partial charge in [0.05, 0.1) is 0 Å². The maximum absolute atomic E-state index is 2.67. The van der Waals surface area contributed by atoms with Crippen molar-refractivity contribution >= 4 is 7.98 Å². The van der Waals surface area contributed by atoms with Gasteiger partial charge >= 0.3 is 0 Å². The highest BCUT2D eigenvalue weighted by molar-refractivity contribution is 6.04. The molecule has 3 heteroatoms. The Kier molecular flexibility index (Phi) is 2.19. The molecule has 62 valence electrons. The zero-order valence-corrected chi connectivity index (χ0v) is 7.42. The van der Waals surface area contributed by atoms with E-state index in [2.05, 4.69) is 17.7 Å². The monoisotopic (exact) mass is 152 g/mol. The minimum atomic E-state index is 0.891. The van der Waals surface area contributed by atoms with E-state index >= 15 is 0 Å². The van der Waals surface area contributed by atoms with Crippen molar-refractivity contribution in [1.82, 2.24) is 9.71 Å². The van der Waals surface area contributed by atoms with Crippen molar-refractivity contribution in [3.8, 4) is 0 Å². The predicted octanol–water partition coefficient (Wildman–Crippen LogP) is -0.295. The molecule has 0 aliphatic carbocycles. The topological polar surface area (TPSA) is 6.48 Å². The first-order valence-electron chi connectivity index (χ1n) is 4.79. The first-order chi connectivity index (χ1) is 5.36. The number of hydrogen-bond donors (Lipinski definition) is 0. The van der Waals surface area contributed by atoms with Gasteiger partial charge in [-0.15, -0.1) is 0 Å². The van der Waals surface area contributed by atoms with Crippen LogP contribution in [0.25, 0.3) is 0 Å². The van der Waals surface area contributed by atoms with Crippen LogP contribution >= 0.6 is 0 Å². The summed E-state index contributed by atoms with van der Waals surface area (Å²) in [4.78, 5) is 5.12. The average molecular weight is 152 g/mol. The lowest BCUT2D eigenvalue weighted by molar-refractivity contribution is 0.252. The van der Waals surface area contributed by atoms with E-state index in [9.17, 15) is 0 Å². The molecule has 2 heterocycles. The van der Waals surface area contributed by atoms with Gasteiger partial charge in [-0.25, -0.2) is 0 Å². The molecule has 0 amide bonds. The van der Waals surface area contributed by atoms with Crippen molar-refractivity contribution in [3.05, 3.63) is 0 Å². The van der Waals surface area contributed by atoms with E-state index in [0.29, 0.717) is 0 Å². The molecule has 1 atom stereocenters. The van der Waals surface area contributed by atoms with Crippen LogP contribution in [0.5, 0.6) is 0 Å². The highest BCUT2D eigenvalue weighted by Crippen LogP contribution is 2.18. The second-order valence-corrected chi connectivity index (χ2v) is 3.95. The van der Waals surface area contributed by atoms with E-state index < -0.39 is 0 Å². The van der Waals surface area contributed by atoms with Gasteiger partial charge in [-0.1, -0.05) is 0 Å². The second kappa shape index (κ2) is 3.15. The van der Waals surface area contributed by atoms with E-state index in [-0.39, 0.29) is 0 Å². The molecule has 2 nitrogen and oxygen atoms in total. The molecule has 2 rings (SSSR count).